The van der Waals surface area contributed by atoms with Crippen molar-refractivity contribution < 1.29 is 19.1 Å². The van der Waals surface area contributed by atoms with Crippen LogP contribution >= 0.6 is 27.3 Å². The van der Waals surface area contributed by atoms with E-state index in [2.05, 4.69) is 26.2 Å². The average molecular weight is 359 g/mol. The van der Waals surface area contributed by atoms with Gasteiger partial charge < -0.3 is 10.4 Å². The zero-order chi connectivity index (χ0) is 14.9. The summed E-state index contributed by atoms with van der Waals surface area (Å²) >= 11 is 3.94. The molecule has 1 aromatic heterocycles. The molecule has 1 aromatic carbocycles. The number of hydrogen-bond acceptors (Lipinski definition) is 5. The number of carbonyl (C=O) groups excluding carboxylic acids is 1. The van der Waals surface area contributed by atoms with Gasteiger partial charge in [-0.15, -0.1) is 0 Å². The molecule has 20 heavy (non-hydrogen) atoms. The minimum absolute atomic E-state index is 0.0533. The molecule has 0 amide bonds. The van der Waals surface area contributed by atoms with Gasteiger partial charge >= 0.3 is 5.97 Å². The first kappa shape index (κ1) is 14.6. The monoisotopic (exact) mass is 358 g/mol. The molecule has 0 bridgehead atoms. The number of carbonyl (C=O) groups is 2. The SMILES string of the molecule is CC(=O)c1sc(Nc2ccc(Br)c(F)c2)nc1C(=O)O. The Bertz CT molecular complexity index is 671. The Morgan fingerprint density at radius 3 is 2.65 bits per heavy atom. The number of hydrogen-bond donors (Lipinski definition) is 2. The van der Waals surface area contributed by atoms with E-state index in [1.54, 1.807) is 6.07 Å². The van der Waals surface area contributed by atoms with Crippen LogP contribution in [0.25, 0.3) is 0 Å². The van der Waals surface area contributed by atoms with E-state index in [0.717, 1.165) is 11.3 Å². The average Bonchev–Trinajstić information content (AvgIpc) is 2.78. The number of anilines is 2. The third-order valence-electron chi connectivity index (χ3n) is 2.32. The first-order chi connectivity index (χ1) is 9.38. The predicted molar refractivity (Wildman–Crippen MR) is 76.5 cm³/mol. The summed E-state index contributed by atoms with van der Waals surface area (Å²) < 4.78 is 13.7. The number of benzene rings is 1. The Morgan fingerprint density at radius 1 is 1.45 bits per heavy atom. The molecular weight excluding hydrogens is 351 g/mol. The molecule has 0 fully saturated rings. The van der Waals surface area contributed by atoms with E-state index in [1.807, 2.05) is 0 Å². The highest BCUT2D eigenvalue weighted by molar-refractivity contribution is 9.10. The summed E-state index contributed by atoms with van der Waals surface area (Å²) in [7, 11) is 0. The maximum atomic E-state index is 13.4. The van der Waals surface area contributed by atoms with Gasteiger partial charge in [0.15, 0.2) is 16.6 Å². The summed E-state index contributed by atoms with van der Waals surface area (Å²) in [6.45, 7) is 1.27. The third-order valence-corrected chi connectivity index (χ3v) is 4.04. The van der Waals surface area contributed by atoms with Crippen molar-refractivity contribution in [3.63, 3.8) is 0 Å². The van der Waals surface area contributed by atoms with Gasteiger partial charge in [-0.2, -0.15) is 0 Å². The highest BCUT2D eigenvalue weighted by atomic mass is 79.9. The topological polar surface area (TPSA) is 79.3 Å². The molecule has 2 N–H and O–H groups in total. The minimum Gasteiger partial charge on any atom is -0.476 e. The Labute approximate surface area is 125 Å². The maximum absolute atomic E-state index is 13.4. The molecule has 0 radical (unpaired) electrons. The molecule has 0 aliphatic carbocycles. The van der Waals surface area contributed by atoms with Gasteiger partial charge in [0.05, 0.1) is 4.47 Å². The molecule has 8 heteroatoms. The Hall–Kier alpha value is -1.80. The van der Waals surface area contributed by atoms with Crippen LogP contribution in [0.1, 0.15) is 27.1 Å². The first-order valence-electron chi connectivity index (χ1n) is 5.35. The van der Waals surface area contributed by atoms with Crippen LogP contribution in [0.2, 0.25) is 0 Å². The molecule has 0 spiro atoms. The van der Waals surface area contributed by atoms with E-state index in [9.17, 15) is 14.0 Å². The fourth-order valence-corrected chi connectivity index (χ4v) is 2.57. The largest absolute Gasteiger partial charge is 0.476 e. The number of nitrogens with zero attached hydrogens (tertiary/aromatic N) is 1. The van der Waals surface area contributed by atoms with Crippen molar-refractivity contribution in [3.05, 3.63) is 39.1 Å². The van der Waals surface area contributed by atoms with Crippen LogP contribution in [0.4, 0.5) is 15.2 Å². The second-order valence-electron chi connectivity index (χ2n) is 3.81. The number of carboxylic acid groups (broad SMARTS) is 1. The van der Waals surface area contributed by atoms with Crippen LogP contribution in [0, 0.1) is 5.82 Å². The van der Waals surface area contributed by atoms with Crippen molar-refractivity contribution in [3.8, 4) is 0 Å². The van der Waals surface area contributed by atoms with E-state index in [4.69, 9.17) is 5.11 Å². The molecule has 5 nitrogen and oxygen atoms in total. The van der Waals surface area contributed by atoms with Crippen LogP contribution in [0.5, 0.6) is 0 Å². The number of thiazole rings is 1. The maximum Gasteiger partial charge on any atom is 0.356 e. The number of aromatic carboxylic acids is 1. The standard InChI is InChI=1S/C12H8BrFN2O3S/c1-5(17)10-9(11(18)19)16-12(20-10)15-6-2-3-7(13)8(14)4-6/h2-4H,1H3,(H,15,16)(H,18,19). The lowest BCUT2D eigenvalue weighted by Crippen LogP contribution is -2.03. The van der Waals surface area contributed by atoms with Crippen LogP contribution in [-0.2, 0) is 0 Å². The second kappa shape index (κ2) is 5.68. The molecule has 0 unspecified atom stereocenters. The molecule has 2 rings (SSSR count). The summed E-state index contributed by atoms with van der Waals surface area (Å²) in [5, 5.41) is 12.0. The van der Waals surface area contributed by atoms with Gasteiger partial charge in [-0.05, 0) is 34.1 Å². The molecule has 0 saturated carbocycles. The van der Waals surface area contributed by atoms with Crippen molar-refractivity contribution in [2.24, 2.45) is 0 Å². The second-order valence-corrected chi connectivity index (χ2v) is 5.67. The van der Waals surface area contributed by atoms with Crippen LogP contribution in [-0.4, -0.2) is 21.8 Å². The number of nitrogens with one attached hydrogen (secondary N) is 1. The number of ketones is 1. The van der Waals surface area contributed by atoms with E-state index in [0.29, 0.717) is 10.2 Å². The highest BCUT2D eigenvalue weighted by Gasteiger charge is 2.20. The quantitative estimate of drug-likeness (QED) is 0.814. The molecule has 104 valence electrons. The molecule has 2 aromatic rings. The fourth-order valence-electron chi connectivity index (χ4n) is 1.45. The van der Waals surface area contributed by atoms with Crippen molar-refractivity contribution >= 4 is 49.8 Å². The van der Waals surface area contributed by atoms with E-state index in [-0.39, 0.29) is 21.5 Å². The van der Waals surface area contributed by atoms with Crippen molar-refractivity contribution in [1.82, 2.24) is 4.98 Å². The smallest absolute Gasteiger partial charge is 0.356 e. The Morgan fingerprint density at radius 2 is 2.15 bits per heavy atom. The summed E-state index contributed by atoms with van der Waals surface area (Å²) in [5.74, 6) is -2.12. The van der Waals surface area contributed by atoms with Gasteiger partial charge in [0.25, 0.3) is 0 Å². The Kier molecular flexibility index (Phi) is 4.15. The van der Waals surface area contributed by atoms with Gasteiger partial charge in [0, 0.05) is 12.6 Å². The van der Waals surface area contributed by atoms with Crippen molar-refractivity contribution in [2.75, 3.05) is 5.32 Å². The zero-order valence-corrected chi connectivity index (χ0v) is 12.5. The molecule has 0 aliphatic rings. The van der Waals surface area contributed by atoms with E-state index in [1.165, 1.54) is 19.1 Å². The van der Waals surface area contributed by atoms with Crippen LogP contribution < -0.4 is 5.32 Å². The summed E-state index contributed by atoms with van der Waals surface area (Å²) in [6, 6.07) is 4.34. The van der Waals surface area contributed by atoms with Gasteiger partial charge in [-0.25, -0.2) is 14.2 Å². The number of rotatable bonds is 4. The number of aromatic nitrogens is 1. The number of Topliss-reactive ketones (excluding diaryl/α,β-unsaturated/α-hetero) is 1. The molecule has 0 saturated heterocycles. The fraction of sp³-hybridized carbons (Fsp3) is 0.0833. The third kappa shape index (κ3) is 3.02. The van der Waals surface area contributed by atoms with E-state index < -0.39 is 11.8 Å². The zero-order valence-electron chi connectivity index (χ0n) is 10.1. The predicted octanol–water partition coefficient (Wildman–Crippen LogP) is 3.69. The van der Waals surface area contributed by atoms with Gasteiger partial charge in [-0.3, -0.25) is 4.79 Å². The number of halogens is 2. The molecule has 0 aliphatic heterocycles. The number of carboxylic acids is 1. The normalized spacial score (nSPS) is 10.3. The summed E-state index contributed by atoms with van der Waals surface area (Å²) in [4.78, 5) is 26.2. The van der Waals surface area contributed by atoms with Crippen LogP contribution in [0.3, 0.4) is 0 Å². The van der Waals surface area contributed by atoms with Crippen molar-refractivity contribution in [1.29, 1.82) is 0 Å². The Balaban J connectivity index is 2.34. The van der Waals surface area contributed by atoms with Crippen LogP contribution in [0.15, 0.2) is 22.7 Å². The molecule has 0 atom stereocenters. The highest BCUT2D eigenvalue weighted by Crippen LogP contribution is 2.28. The summed E-state index contributed by atoms with van der Waals surface area (Å²) in [5.41, 5.74) is 0.106. The van der Waals surface area contributed by atoms with Gasteiger partial charge in [0.2, 0.25) is 0 Å². The lowest BCUT2D eigenvalue weighted by Gasteiger charge is -2.02. The van der Waals surface area contributed by atoms with Crippen molar-refractivity contribution in [2.45, 2.75) is 6.92 Å². The van der Waals surface area contributed by atoms with E-state index >= 15 is 0 Å². The molecule has 1 heterocycles. The molecular formula is C12H8BrFN2O3S. The van der Waals surface area contributed by atoms with Gasteiger partial charge in [0.1, 0.15) is 10.7 Å². The van der Waals surface area contributed by atoms with Gasteiger partial charge in [-0.1, -0.05) is 11.3 Å². The minimum atomic E-state index is -1.28. The lowest BCUT2D eigenvalue weighted by atomic mass is 10.3. The first-order valence-corrected chi connectivity index (χ1v) is 6.96. The lowest BCUT2D eigenvalue weighted by molar-refractivity contribution is 0.0687. The summed E-state index contributed by atoms with van der Waals surface area (Å²) in [6.07, 6.45) is 0.